The van der Waals surface area contributed by atoms with Crippen molar-refractivity contribution in [2.45, 2.75) is 0 Å². The Labute approximate surface area is 44.1 Å². The van der Waals surface area contributed by atoms with Crippen molar-refractivity contribution in [1.29, 1.82) is 0 Å². The van der Waals surface area contributed by atoms with Gasteiger partial charge in [0.25, 0.3) is 0 Å². The highest BCUT2D eigenvalue weighted by Gasteiger charge is 1.91. The predicted molar refractivity (Wildman–Crippen MR) is 29.4 cm³/mol. The van der Waals surface area contributed by atoms with Gasteiger partial charge < -0.3 is 10.0 Å². The first kappa shape index (κ1) is 6.50. The molecule has 0 aromatic carbocycles. The fourth-order valence-corrected chi connectivity index (χ4v) is 0.408. The van der Waals surface area contributed by atoms with Gasteiger partial charge in [-0.2, -0.15) is 0 Å². The molecule has 0 radical (unpaired) electrons. The van der Waals surface area contributed by atoms with E-state index in [1.165, 1.54) is 4.90 Å². The van der Waals surface area contributed by atoms with Crippen molar-refractivity contribution < 1.29 is 10.0 Å². The Kier molecular flexibility index (Phi) is 2.45. The van der Waals surface area contributed by atoms with E-state index in [4.69, 9.17) is 5.11 Å². The molecule has 0 aliphatic carbocycles. The number of rotatable bonds is 2. The molecule has 0 aliphatic heterocycles. The fourth-order valence-electron chi connectivity index (χ4n) is 0.408. The molecule has 0 amide bonds. The van der Waals surface area contributed by atoms with Crippen LogP contribution >= 0.6 is 0 Å². The third kappa shape index (κ3) is 5.50. The lowest BCUT2D eigenvalue weighted by Crippen LogP contribution is -3.05. The number of nitrogens with one attached hydrogen (secondary N) is 1. The van der Waals surface area contributed by atoms with Crippen LogP contribution in [0.1, 0.15) is 0 Å². The second kappa shape index (κ2) is 2.64. The van der Waals surface area contributed by atoms with Gasteiger partial charge in [0, 0.05) is 0 Å². The van der Waals surface area contributed by atoms with Gasteiger partial charge in [0.15, 0.2) is 0 Å². The highest BCUT2D eigenvalue weighted by Crippen LogP contribution is 1.67. The van der Waals surface area contributed by atoms with E-state index in [0.29, 0.717) is 6.54 Å². The highest BCUT2D eigenvalue weighted by atomic mass is 16.3. The summed E-state index contributed by atoms with van der Waals surface area (Å²) < 4.78 is 0. The summed E-state index contributed by atoms with van der Waals surface area (Å²) in [6.07, 6.45) is 0. The summed E-state index contributed by atoms with van der Waals surface area (Å²) in [4.78, 5) is 1.19. The van der Waals surface area contributed by atoms with E-state index >= 15 is 0 Å². The lowest BCUT2D eigenvalue weighted by atomic mass is 10.5. The molecule has 0 atom stereocenters. The predicted octanol–water partition coefficient (Wildman–Crippen LogP) is -0.797. The van der Waals surface area contributed by atoms with Crippen molar-refractivity contribution in [2.75, 3.05) is 20.6 Å². The van der Waals surface area contributed by atoms with E-state index < -0.39 is 0 Å². The zero-order chi connectivity index (χ0) is 5.86. The van der Waals surface area contributed by atoms with Gasteiger partial charge in [-0.15, -0.1) is 0 Å². The van der Waals surface area contributed by atoms with Crippen LogP contribution in [0.2, 0.25) is 0 Å². The van der Waals surface area contributed by atoms with E-state index in [2.05, 4.69) is 6.58 Å². The smallest absolute Gasteiger partial charge is 0.139 e. The molecule has 0 aliphatic rings. The minimum atomic E-state index is 0.250. The zero-order valence-electron chi connectivity index (χ0n) is 4.86. The van der Waals surface area contributed by atoms with E-state index in [-0.39, 0.29) is 5.76 Å². The van der Waals surface area contributed by atoms with Gasteiger partial charge in [0.1, 0.15) is 12.3 Å². The first-order valence-electron chi connectivity index (χ1n) is 2.28. The molecule has 0 saturated heterocycles. The number of likely N-dealkylation sites (N-methyl/N-ethyl adjacent to an activating group) is 1. The van der Waals surface area contributed by atoms with Gasteiger partial charge in [0.2, 0.25) is 0 Å². The Morgan fingerprint density at radius 3 is 2.14 bits per heavy atom. The van der Waals surface area contributed by atoms with Crippen molar-refractivity contribution in [1.82, 2.24) is 0 Å². The quantitative estimate of drug-likeness (QED) is 0.438. The van der Waals surface area contributed by atoms with Crippen molar-refractivity contribution in [2.24, 2.45) is 0 Å². The van der Waals surface area contributed by atoms with Crippen molar-refractivity contribution in [3.63, 3.8) is 0 Å². The van der Waals surface area contributed by atoms with Gasteiger partial charge in [-0.3, -0.25) is 0 Å². The number of hydrogen-bond donors (Lipinski definition) is 2. The van der Waals surface area contributed by atoms with Crippen LogP contribution in [-0.2, 0) is 0 Å². The Morgan fingerprint density at radius 2 is 2.14 bits per heavy atom. The summed E-state index contributed by atoms with van der Waals surface area (Å²) in [5, 5.41) is 8.51. The number of aliphatic hydroxyl groups excluding tert-OH is 1. The number of quaternary nitrogens is 1. The molecular weight excluding hydrogens is 90.1 g/mol. The minimum absolute atomic E-state index is 0.250. The second-order valence-corrected chi connectivity index (χ2v) is 1.95. The average Bonchev–Trinajstić information content (AvgIpc) is 1.27. The van der Waals surface area contributed by atoms with Gasteiger partial charge in [-0.25, -0.2) is 0 Å². The molecule has 0 rings (SSSR count). The largest absolute Gasteiger partial charge is 0.507 e. The summed E-state index contributed by atoms with van der Waals surface area (Å²) in [5.41, 5.74) is 0. The van der Waals surface area contributed by atoms with Crippen molar-refractivity contribution in [3.8, 4) is 0 Å². The molecule has 0 fully saturated rings. The average molecular weight is 102 g/mol. The Morgan fingerprint density at radius 1 is 1.71 bits per heavy atom. The molecule has 2 heteroatoms. The molecule has 2 nitrogen and oxygen atoms in total. The third-order valence-electron chi connectivity index (χ3n) is 0.558. The topological polar surface area (TPSA) is 24.7 Å². The van der Waals surface area contributed by atoms with Gasteiger partial charge >= 0.3 is 0 Å². The van der Waals surface area contributed by atoms with Gasteiger partial charge in [0.05, 0.1) is 14.1 Å². The molecular formula is C5H12NO+. The fraction of sp³-hybridized carbons (Fsp3) is 0.600. The molecule has 0 unspecified atom stereocenters. The third-order valence-corrected chi connectivity index (χ3v) is 0.558. The Balaban J connectivity index is 3.13. The number of aliphatic hydroxyl groups is 1. The van der Waals surface area contributed by atoms with Crippen LogP contribution in [0.25, 0.3) is 0 Å². The van der Waals surface area contributed by atoms with Crippen LogP contribution in [0.5, 0.6) is 0 Å². The second-order valence-electron chi connectivity index (χ2n) is 1.95. The maximum Gasteiger partial charge on any atom is 0.139 e. The van der Waals surface area contributed by atoms with E-state index in [1.54, 1.807) is 0 Å². The summed E-state index contributed by atoms with van der Waals surface area (Å²) in [7, 11) is 3.92. The summed E-state index contributed by atoms with van der Waals surface area (Å²) in [6, 6.07) is 0. The molecule has 0 bridgehead atoms. The Hall–Kier alpha value is -0.500. The molecule has 7 heavy (non-hydrogen) atoms. The van der Waals surface area contributed by atoms with E-state index in [9.17, 15) is 0 Å². The Bertz CT molecular complexity index is 68.5. The zero-order valence-corrected chi connectivity index (χ0v) is 4.86. The maximum absolute atomic E-state index is 8.51. The first-order chi connectivity index (χ1) is 3.13. The van der Waals surface area contributed by atoms with Crippen molar-refractivity contribution in [3.05, 3.63) is 12.3 Å². The molecule has 0 aromatic heterocycles. The molecule has 0 spiro atoms. The van der Waals surface area contributed by atoms with Crippen LogP contribution in [0.3, 0.4) is 0 Å². The van der Waals surface area contributed by atoms with Crippen LogP contribution in [-0.4, -0.2) is 25.7 Å². The van der Waals surface area contributed by atoms with E-state index in [0.717, 1.165) is 0 Å². The molecule has 0 aromatic rings. The maximum atomic E-state index is 8.51. The lowest BCUT2D eigenvalue weighted by molar-refractivity contribution is -0.854. The highest BCUT2D eigenvalue weighted by molar-refractivity contribution is 4.75. The van der Waals surface area contributed by atoms with Crippen LogP contribution < -0.4 is 4.90 Å². The van der Waals surface area contributed by atoms with Crippen LogP contribution in [0.15, 0.2) is 12.3 Å². The first-order valence-corrected chi connectivity index (χ1v) is 2.28. The normalized spacial score (nSPS) is 9.57. The molecule has 0 saturated carbocycles. The number of hydrogen-bond acceptors (Lipinski definition) is 1. The minimum Gasteiger partial charge on any atom is -0.507 e. The SMILES string of the molecule is C=C(O)C[NH+](C)C. The summed E-state index contributed by atoms with van der Waals surface area (Å²) >= 11 is 0. The van der Waals surface area contributed by atoms with Gasteiger partial charge in [-0.1, -0.05) is 6.58 Å². The van der Waals surface area contributed by atoms with Gasteiger partial charge in [-0.05, 0) is 0 Å². The van der Waals surface area contributed by atoms with E-state index in [1.807, 2.05) is 14.1 Å². The van der Waals surface area contributed by atoms with Crippen LogP contribution in [0, 0.1) is 0 Å². The molecule has 2 N–H and O–H groups in total. The summed E-state index contributed by atoms with van der Waals surface area (Å²) in [6.45, 7) is 3.97. The van der Waals surface area contributed by atoms with Crippen molar-refractivity contribution >= 4 is 0 Å². The standard InChI is InChI=1S/C5H11NO/c1-5(7)4-6(2)3/h7H,1,4H2,2-3H3/p+1. The van der Waals surface area contributed by atoms with Crippen LogP contribution in [0.4, 0.5) is 0 Å². The monoisotopic (exact) mass is 102 g/mol. The molecule has 0 heterocycles. The summed E-state index contributed by atoms with van der Waals surface area (Å²) in [5.74, 6) is 0.250. The lowest BCUT2D eigenvalue weighted by Gasteiger charge is -2.02. The molecule has 42 valence electrons.